The molecule has 3 nitrogen and oxygen atoms in total. The molecule has 0 atom stereocenters. The van der Waals surface area contributed by atoms with Gasteiger partial charge in [-0.05, 0) is 44.1 Å². The van der Waals surface area contributed by atoms with Crippen molar-refractivity contribution in [3.05, 3.63) is 0 Å². The summed E-state index contributed by atoms with van der Waals surface area (Å²) in [5.74, 6) is 0. The molecule has 0 heterocycles. The SMILES string of the molecule is CCN(CCCO)CC1(CNC2CC2)CCCCCC1. The van der Waals surface area contributed by atoms with Crippen LogP contribution in [0.4, 0.5) is 0 Å². The summed E-state index contributed by atoms with van der Waals surface area (Å²) in [7, 11) is 0. The van der Waals surface area contributed by atoms with Crippen LogP contribution in [-0.2, 0) is 0 Å². The van der Waals surface area contributed by atoms with Crippen LogP contribution >= 0.6 is 0 Å². The third-order valence-corrected chi connectivity index (χ3v) is 5.15. The van der Waals surface area contributed by atoms with E-state index in [4.69, 9.17) is 5.11 Å². The van der Waals surface area contributed by atoms with Crippen LogP contribution in [0.3, 0.4) is 0 Å². The summed E-state index contributed by atoms with van der Waals surface area (Å²) in [6.07, 6.45) is 12.1. The van der Waals surface area contributed by atoms with Gasteiger partial charge in [-0.25, -0.2) is 0 Å². The molecule has 3 heteroatoms. The second-order valence-electron chi connectivity index (χ2n) is 7.02. The summed E-state index contributed by atoms with van der Waals surface area (Å²) in [4.78, 5) is 2.57. The van der Waals surface area contributed by atoms with Crippen LogP contribution in [0.5, 0.6) is 0 Å². The minimum atomic E-state index is 0.323. The van der Waals surface area contributed by atoms with Crippen molar-refractivity contribution < 1.29 is 5.11 Å². The van der Waals surface area contributed by atoms with Gasteiger partial charge in [0, 0.05) is 32.3 Å². The second-order valence-corrected chi connectivity index (χ2v) is 7.02. The molecule has 2 rings (SSSR count). The minimum absolute atomic E-state index is 0.323. The van der Waals surface area contributed by atoms with Crippen LogP contribution in [0.2, 0.25) is 0 Å². The number of rotatable bonds is 9. The van der Waals surface area contributed by atoms with Gasteiger partial charge in [-0.1, -0.05) is 32.6 Å². The van der Waals surface area contributed by atoms with Gasteiger partial charge < -0.3 is 15.3 Å². The summed E-state index contributed by atoms with van der Waals surface area (Å²) < 4.78 is 0. The van der Waals surface area contributed by atoms with E-state index in [0.29, 0.717) is 12.0 Å². The Morgan fingerprint density at radius 3 is 2.40 bits per heavy atom. The summed E-state index contributed by atoms with van der Waals surface area (Å²) in [6, 6.07) is 0.822. The maximum atomic E-state index is 9.07. The van der Waals surface area contributed by atoms with Crippen molar-refractivity contribution in [2.24, 2.45) is 5.41 Å². The van der Waals surface area contributed by atoms with Crippen molar-refractivity contribution in [3.63, 3.8) is 0 Å². The molecule has 2 saturated carbocycles. The van der Waals surface area contributed by atoms with Crippen molar-refractivity contribution in [3.8, 4) is 0 Å². The first-order valence-electron chi connectivity index (χ1n) is 8.84. The van der Waals surface area contributed by atoms with E-state index in [-0.39, 0.29) is 0 Å². The minimum Gasteiger partial charge on any atom is -0.396 e. The molecule has 0 unspecified atom stereocenters. The molecule has 0 saturated heterocycles. The van der Waals surface area contributed by atoms with E-state index in [1.165, 1.54) is 64.5 Å². The Morgan fingerprint density at radius 1 is 1.15 bits per heavy atom. The average Bonchev–Trinajstić information content (AvgIpc) is 3.29. The van der Waals surface area contributed by atoms with Crippen molar-refractivity contribution in [1.82, 2.24) is 10.2 Å². The fourth-order valence-corrected chi connectivity index (χ4v) is 3.64. The van der Waals surface area contributed by atoms with Crippen molar-refractivity contribution in [2.45, 2.75) is 70.8 Å². The van der Waals surface area contributed by atoms with Gasteiger partial charge in [-0.2, -0.15) is 0 Å². The lowest BCUT2D eigenvalue weighted by Gasteiger charge is -2.38. The van der Waals surface area contributed by atoms with E-state index >= 15 is 0 Å². The van der Waals surface area contributed by atoms with Crippen molar-refractivity contribution in [2.75, 3.05) is 32.8 Å². The lowest BCUT2D eigenvalue weighted by atomic mass is 9.79. The Hall–Kier alpha value is -0.120. The molecule has 0 aliphatic heterocycles. The number of nitrogens with zero attached hydrogens (tertiary/aromatic N) is 1. The third kappa shape index (κ3) is 5.34. The number of hydrogen-bond acceptors (Lipinski definition) is 3. The normalized spacial score (nSPS) is 22.9. The van der Waals surface area contributed by atoms with E-state index in [9.17, 15) is 0 Å². The summed E-state index contributed by atoms with van der Waals surface area (Å²) in [5.41, 5.74) is 0.491. The molecule has 0 aromatic rings. The largest absolute Gasteiger partial charge is 0.396 e. The Morgan fingerprint density at radius 2 is 1.85 bits per heavy atom. The topological polar surface area (TPSA) is 35.5 Å². The zero-order valence-corrected chi connectivity index (χ0v) is 13.4. The third-order valence-electron chi connectivity index (χ3n) is 5.15. The van der Waals surface area contributed by atoms with Gasteiger partial charge in [0.1, 0.15) is 0 Å². The number of aliphatic hydroxyl groups excluding tert-OH is 1. The molecule has 0 amide bonds. The number of hydrogen-bond donors (Lipinski definition) is 2. The monoisotopic (exact) mass is 282 g/mol. The fourth-order valence-electron chi connectivity index (χ4n) is 3.64. The highest BCUT2D eigenvalue weighted by Crippen LogP contribution is 2.36. The van der Waals surface area contributed by atoms with E-state index in [2.05, 4.69) is 17.1 Å². The van der Waals surface area contributed by atoms with Crippen molar-refractivity contribution in [1.29, 1.82) is 0 Å². The van der Waals surface area contributed by atoms with E-state index < -0.39 is 0 Å². The van der Waals surface area contributed by atoms with Crippen LogP contribution in [0.15, 0.2) is 0 Å². The first kappa shape index (κ1) is 16.3. The van der Waals surface area contributed by atoms with Gasteiger partial charge in [-0.15, -0.1) is 0 Å². The second kappa shape index (κ2) is 8.35. The molecular formula is C17H34N2O. The van der Waals surface area contributed by atoms with Gasteiger partial charge in [0.25, 0.3) is 0 Å². The maximum Gasteiger partial charge on any atom is 0.0443 e. The standard InChI is InChI=1S/C17H34N2O/c1-2-19(12-7-13-20)15-17(14-18-16-8-9-16)10-5-3-4-6-11-17/h16,18,20H,2-15H2,1H3. The predicted octanol–water partition coefficient (Wildman–Crippen LogP) is 2.78. The van der Waals surface area contributed by atoms with Gasteiger partial charge in [0.15, 0.2) is 0 Å². The van der Waals surface area contributed by atoms with E-state index in [1.54, 1.807) is 0 Å². The first-order valence-corrected chi connectivity index (χ1v) is 8.84. The summed E-state index contributed by atoms with van der Waals surface area (Å²) >= 11 is 0. The molecule has 0 aromatic heterocycles. The number of nitrogens with one attached hydrogen (secondary N) is 1. The van der Waals surface area contributed by atoms with Crippen LogP contribution in [0, 0.1) is 5.41 Å². The summed E-state index contributed by atoms with van der Waals surface area (Å²) in [5, 5.41) is 12.9. The Labute approximate surface area is 125 Å². The average molecular weight is 282 g/mol. The summed E-state index contributed by atoms with van der Waals surface area (Å²) in [6.45, 7) is 7.19. The van der Waals surface area contributed by atoms with Crippen LogP contribution in [-0.4, -0.2) is 48.8 Å². The van der Waals surface area contributed by atoms with Crippen LogP contribution in [0.1, 0.15) is 64.7 Å². The fraction of sp³-hybridized carbons (Fsp3) is 1.00. The van der Waals surface area contributed by atoms with Gasteiger partial charge in [0.05, 0.1) is 0 Å². The van der Waals surface area contributed by atoms with Crippen LogP contribution < -0.4 is 5.32 Å². The smallest absolute Gasteiger partial charge is 0.0443 e. The van der Waals surface area contributed by atoms with Gasteiger partial charge in [0.2, 0.25) is 0 Å². The van der Waals surface area contributed by atoms with E-state index in [0.717, 1.165) is 25.6 Å². The molecule has 2 aliphatic rings. The molecule has 0 spiro atoms. The highest BCUT2D eigenvalue weighted by molar-refractivity contribution is 4.90. The highest BCUT2D eigenvalue weighted by atomic mass is 16.3. The Kier molecular flexibility index (Phi) is 6.79. The van der Waals surface area contributed by atoms with Gasteiger partial charge >= 0.3 is 0 Å². The van der Waals surface area contributed by atoms with E-state index in [1.807, 2.05) is 0 Å². The zero-order chi connectivity index (χ0) is 14.3. The quantitative estimate of drug-likeness (QED) is 0.638. The molecular weight excluding hydrogens is 248 g/mol. The van der Waals surface area contributed by atoms with Crippen LogP contribution in [0.25, 0.3) is 0 Å². The molecule has 0 radical (unpaired) electrons. The predicted molar refractivity (Wildman–Crippen MR) is 85.0 cm³/mol. The highest BCUT2D eigenvalue weighted by Gasteiger charge is 2.34. The molecule has 20 heavy (non-hydrogen) atoms. The van der Waals surface area contributed by atoms with Gasteiger partial charge in [-0.3, -0.25) is 0 Å². The lowest BCUT2D eigenvalue weighted by Crippen LogP contribution is -2.45. The number of aliphatic hydroxyl groups is 1. The van der Waals surface area contributed by atoms with Crippen molar-refractivity contribution >= 4 is 0 Å². The molecule has 2 N–H and O–H groups in total. The Bertz CT molecular complexity index is 258. The first-order chi connectivity index (χ1) is 9.78. The molecule has 118 valence electrons. The molecule has 0 aromatic carbocycles. The maximum absolute atomic E-state index is 9.07. The molecule has 0 bridgehead atoms. The molecule has 2 fully saturated rings. The Balaban J connectivity index is 1.91. The molecule has 2 aliphatic carbocycles. The lowest BCUT2D eigenvalue weighted by molar-refractivity contribution is 0.123. The zero-order valence-electron chi connectivity index (χ0n) is 13.4.